The molecule has 0 aromatic heterocycles. The summed E-state index contributed by atoms with van der Waals surface area (Å²) in [6, 6.07) is 2.21. The first-order valence-corrected chi connectivity index (χ1v) is 7.82. The molecule has 19 heavy (non-hydrogen) atoms. The lowest BCUT2D eigenvalue weighted by molar-refractivity contribution is 0.364. The molecule has 1 aromatic rings. The number of rotatable bonds is 3. The average Bonchev–Trinajstić information content (AvgIpc) is 2.79. The molecule has 1 N–H and O–H groups in total. The summed E-state index contributed by atoms with van der Waals surface area (Å²) in [5.74, 6) is 1.52. The summed E-state index contributed by atoms with van der Waals surface area (Å²) in [6.45, 7) is 9.99. The van der Waals surface area contributed by atoms with E-state index in [1.54, 1.807) is 7.11 Å². The van der Waals surface area contributed by atoms with Crippen molar-refractivity contribution in [1.29, 1.82) is 0 Å². The molecule has 1 aliphatic heterocycles. The molecule has 3 heteroatoms. The van der Waals surface area contributed by atoms with Gasteiger partial charge in [0.1, 0.15) is 5.75 Å². The maximum atomic E-state index is 5.79. The van der Waals surface area contributed by atoms with Crippen molar-refractivity contribution in [3.63, 3.8) is 0 Å². The number of halogens is 1. The van der Waals surface area contributed by atoms with E-state index in [1.165, 1.54) is 27.6 Å². The van der Waals surface area contributed by atoms with Gasteiger partial charge < -0.3 is 10.1 Å². The minimum Gasteiger partial charge on any atom is -0.496 e. The van der Waals surface area contributed by atoms with Crippen molar-refractivity contribution in [2.75, 3.05) is 13.7 Å². The molecule has 1 fully saturated rings. The summed E-state index contributed by atoms with van der Waals surface area (Å²) in [4.78, 5) is 0. The Morgan fingerprint density at radius 2 is 2.11 bits per heavy atom. The van der Waals surface area contributed by atoms with Crippen molar-refractivity contribution >= 4 is 15.9 Å². The summed E-state index contributed by atoms with van der Waals surface area (Å²) in [5.41, 5.74) is 3.93. The van der Waals surface area contributed by atoms with Crippen molar-refractivity contribution in [2.24, 2.45) is 0 Å². The third-order valence-corrected chi connectivity index (χ3v) is 5.08. The first kappa shape index (κ1) is 14.9. The summed E-state index contributed by atoms with van der Waals surface area (Å²) in [5, 5.41) is 3.66. The van der Waals surface area contributed by atoms with Gasteiger partial charge in [0.15, 0.2) is 0 Å². The zero-order valence-corrected chi connectivity index (χ0v) is 14.1. The first-order chi connectivity index (χ1) is 8.90. The van der Waals surface area contributed by atoms with Crippen molar-refractivity contribution in [3.05, 3.63) is 27.2 Å². The van der Waals surface area contributed by atoms with Crippen molar-refractivity contribution in [2.45, 2.75) is 52.0 Å². The summed E-state index contributed by atoms with van der Waals surface area (Å²) in [6.07, 6.45) is 2.39. The lowest BCUT2D eigenvalue weighted by atomic mass is 9.83. The quantitative estimate of drug-likeness (QED) is 0.884. The van der Waals surface area contributed by atoms with Gasteiger partial charge >= 0.3 is 0 Å². The molecule has 0 saturated carbocycles. The molecule has 0 amide bonds. The molecular weight excluding hydrogens is 302 g/mol. The van der Waals surface area contributed by atoms with Crippen LogP contribution in [0.15, 0.2) is 10.5 Å². The molecule has 106 valence electrons. The van der Waals surface area contributed by atoms with Crippen molar-refractivity contribution in [1.82, 2.24) is 5.32 Å². The maximum Gasteiger partial charge on any atom is 0.127 e. The second-order valence-corrected chi connectivity index (χ2v) is 6.85. The van der Waals surface area contributed by atoms with Gasteiger partial charge in [-0.3, -0.25) is 0 Å². The summed E-state index contributed by atoms with van der Waals surface area (Å²) in [7, 11) is 1.79. The number of hydrogen-bond donors (Lipinski definition) is 1. The topological polar surface area (TPSA) is 21.3 Å². The Morgan fingerprint density at radius 1 is 1.42 bits per heavy atom. The minimum atomic E-state index is 0.0306. The molecule has 1 aromatic carbocycles. The van der Waals surface area contributed by atoms with E-state index < -0.39 is 0 Å². The molecule has 1 aliphatic rings. The normalized spacial score (nSPS) is 23.1. The lowest BCUT2D eigenvalue weighted by Crippen LogP contribution is -2.34. The van der Waals surface area contributed by atoms with Crippen LogP contribution in [0.3, 0.4) is 0 Å². The Hall–Kier alpha value is -0.540. The van der Waals surface area contributed by atoms with Gasteiger partial charge in [0, 0.05) is 15.6 Å². The summed E-state index contributed by atoms with van der Waals surface area (Å²) >= 11 is 3.72. The number of methoxy groups -OCH3 is 1. The third kappa shape index (κ3) is 2.55. The van der Waals surface area contributed by atoms with Crippen LogP contribution in [0.25, 0.3) is 0 Å². The van der Waals surface area contributed by atoms with Crippen LogP contribution in [0, 0.1) is 6.92 Å². The van der Waals surface area contributed by atoms with Gasteiger partial charge in [0.2, 0.25) is 0 Å². The van der Waals surface area contributed by atoms with E-state index in [0.29, 0.717) is 5.92 Å². The van der Waals surface area contributed by atoms with Crippen LogP contribution >= 0.6 is 15.9 Å². The second-order valence-electron chi connectivity index (χ2n) is 6.00. The van der Waals surface area contributed by atoms with Gasteiger partial charge in [-0.25, -0.2) is 0 Å². The van der Waals surface area contributed by atoms with E-state index in [9.17, 15) is 0 Å². The first-order valence-electron chi connectivity index (χ1n) is 7.03. The Bertz CT molecular complexity index is 476. The molecule has 1 unspecified atom stereocenters. The Kier molecular flexibility index (Phi) is 4.26. The van der Waals surface area contributed by atoms with Crippen LogP contribution in [0.2, 0.25) is 0 Å². The fourth-order valence-electron chi connectivity index (χ4n) is 3.17. The number of ether oxygens (including phenoxy) is 1. The largest absolute Gasteiger partial charge is 0.496 e. The highest BCUT2D eigenvalue weighted by atomic mass is 79.9. The number of benzene rings is 1. The molecule has 0 bridgehead atoms. The van der Waals surface area contributed by atoms with E-state index in [1.807, 2.05) is 0 Å². The number of nitrogens with one attached hydrogen (secondary N) is 1. The van der Waals surface area contributed by atoms with Gasteiger partial charge in [-0.1, -0.05) is 29.8 Å². The van der Waals surface area contributed by atoms with E-state index in [4.69, 9.17) is 4.74 Å². The predicted octanol–water partition coefficient (Wildman–Crippen LogP) is 4.49. The van der Waals surface area contributed by atoms with Crippen LogP contribution < -0.4 is 10.1 Å². The molecule has 0 aliphatic carbocycles. The molecule has 1 saturated heterocycles. The molecule has 0 radical (unpaired) electrons. The highest BCUT2D eigenvalue weighted by Gasteiger charge is 2.36. The third-order valence-electron chi connectivity index (χ3n) is 4.25. The standard InChI is InChI=1S/C16H24BrNO/c1-10(2)12-9-13(17)11(3)14(15(12)19-5)16(4)7-6-8-18-16/h9-10,18H,6-8H2,1-5H3. The average molecular weight is 326 g/mol. The fraction of sp³-hybridized carbons (Fsp3) is 0.625. The van der Waals surface area contributed by atoms with Gasteiger partial charge in [-0.05, 0) is 56.3 Å². The minimum absolute atomic E-state index is 0.0306. The Labute approximate surface area is 125 Å². The predicted molar refractivity (Wildman–Crippen MR) is 84.1 cm³/mol. The van der Waals surface area contributed by atoms with Gasteiger partial charge in [0.25, 0.3) is 0 Å². The Morgan fingerprint density at radius 3 is 2.58 bits per heavy atom. The van der Waals surface area contributed by atoms with E-state index in [2.05, 4.69) is 55.0 Å². The fourth-order valence-corrected chi connectivity index (χ4v) is 3.61. The van der Waals surface area contributed by atoms with Crippen molar-refractivity contribution in [3.8, 4) is 5.75 Å². The maximum absolute atomic E-state index is 5.79. The van der Waals surface area contributed by atoms with E-state index in [0.717, 1.165) is 18.7 Å². The van der Waals surface area contributed by atoms with Crippen LogP contribution in [0.1, 0.15) is 56.2 Å². The molecule has 0 spiro atoms. The van der Waals surface area contributed by atoms with Crippen LogP contribution in [-0.4, -0.2) is 13.7 Å². The summed E-state index contributed by atoms with van der Waals surface area (Å²) < 4.78 is 6.97. The smallest absolute Gasteiger partial charge is 0.127 e. The van der Waals surface area contributed by atoms with E-state index in [-0.39, 0.29) is 5.54 Å². The van der Waals surface area contributed by atoms with Crippen LogP contribution in [0.4, 0.5) is 0 Å². The van der Waals surface area contributed by atoms with Gasteiger partial charge in [-0.15, -0.1) is 0 Å². The van der Waals surface area contributed by atoms with Crippen LogP contribution in [0.5, 0.6) is 5.75 Å². The highest BCUT2D eigenvalue weighted by molar-refractivity contribution is 9.10. The zero-order chi connectivity index (χ0) is 14.2. The van der Waals surface area contributed by atoms with E-state index >= 15 is 0 Å². The monoisotopic (exact) mass is 325 g/mol. The highest BCUT2D eigenvalue weighted by Crippen LogP contribution is 2.44. The van der Waals surface area contributed by atoms with Crippen LogP contribution in [-0.2, 0) is 5.54 Å². The number of hydrogen-bond acceptors (Lipinski definition) is 2. The van der Waals surface area contributed by atoms with Crippen molar-refractivity contribution < 1.29 is 4.74 Å². The second kappa shape index (κ2) is 5.45. The Balaban J connectivity index is 2.69. The van der Waals surface area contributed by atoms with Gasteiger partial charge in [0.05, 0.1) is 7.11 Å². The van der Waals surface area contributed by atoms with Gasteiger partial charge in [-0.2, -0.15) is 0 Å². The molecule has 1 heterocycles. The molecule has 2 nitrogen and oxygen atoms in total. The molecule has 2 rings (SSSR count). The zero-order valence-electron chi connectivity index (χ0n) is 12.6. The lowest BCUT2D eigenvalue weighted by Gasteiger charge is -2.31. The molecular formula is C16H24BrNO. The molecule has 1 atom stereocenters. The SMILES string of the molecule is COc1c(C(C)C)cc(Br)c(C)c1C1(C)CCCN1.